The van der Waals surface area contributed by atoms with Gasteiger partial charge in [-0.15, -0.1) is 0 Å². The van der Waals surface area contributed by atoms with E-state index in [0.29, 0.717) is 25.7 Å². The number of rotatable bonds is 3. The highest BCUT2D eigenvalue weighted by Gasteiger charge is 2.27. The van der Waals surface area contributed by atoms with Crippen LogP contribution in [0.15, 0.2) is 18.2 Å². The van der Waals surface area contributed by atoms with Crippen LogP contribution < -0.4 is 5.32 Å². The number of aliphatic hydroxyl groups is 1. The summed E-state index contributed by atoms with van der Waals surface area (Å²) in [5.41, 5.74) is -0.406. The molecule has 108 valence electrons. The number of nitrogens with zero attached hydrogens (tertiary/aromatic N) is 1. The number of nitro groups is 1. The molecule has 1 aliphatic rings. The van der Waals surface area contributed by atoms with Crippen LogP contribution in [0.1, 0.15) is 36.0 Å². The summed E-state index contributed by atoms with van der Waals surface area (Å²) in [7, 11) is 0. The van der Waals surface area contributed by atoms with Gasteiger partial charge in [0.2, 0.25) is 0 Å². The first-order valence-electron chi connectivity index (χ1n) is 6.41. The third-order valence-electron chi connectivity index (χ3n) is 3.45. The van der Waals surface area contributed by atoms with Gasteiger partial charge in [0, 0.05) is 12.1 Å². The fourth-order valence-corrected chi connectivity index (χ4v) is 2.62. The summed E-state index contributed by atoms with van der Waals surface area (Å²) in [5.74, 6) is -0.538. The number of carbonyl (C=O) groups excluding carboxylic acids is 1. The Labute approximate surface area is 120 Å². The lowest BCUT2D eigenvalue weighted by Crippen LogP contribution is -2.38. The third kappa shape index (κ3) is 3.26. The van der Waals surface area contributed by atoms with Gasteiger partial charge in [-0.05, 0) is 31.7 Å². The molecule has 0 bridgehead atoms. The van der Waals surface area contributed by atoms with Crippen LogP contribution >= 0.6 is 11.6 Å². The van der Waals surface area contributed by atoms with Crippen molar-refractivity contribution in [3.05, 3.63) is 38.9 Å². The minimum Gasteiger partial charge on any atom is -0.393 e. The Morgan fingerprint density at radius 3 is 2.60 bits per heavy atom. The van der Waals surface area contributed by atoms with E-state index >= 15 is 0 Å². The maximum absolute atomic E-state index is 12.2. The van der Waals surface area contributed by atoms with E-state index in [0.717, 1.165) is 0 Å². The average Bonchev–Trinajstić information content (AvgIpc) is 2.40. The van der Waals surface area contributed by atoms with E-state index in [-0.39, 0.29) is 28.4 Å². The smallest absolute Gasteiger partial charge is 0.283 e. The van der Waals surface area contributed by atoms with Gasteiger partial charge in [-0.25, -0.2) is 0 Å². The zero-order valence-electron chi connectivity index (χ0n) is 10.7. The molecular formula is C13H15ClN2O4. The standard InChI is InChI=1S/C13H15ClN2O4/c14-10-2-1-3-11(16(19)20)12(10)13(18)15-8-4-6-9(17)7-5-8/h1-3,8-9,17H,4-7H2,(H,15,18). The molecule has 2 rings (SSSR count). The summed E-state index contributed by atoms with van der Waals surface area (Å²) >= 11 is 5.90. The second-order valence-electron chi connectivity index (χ2n) is 4.87. The molecule has 20 heavy (non-hydrogen) atoms. The van der Waals surface area contributed by atoms with E-state index in [4.69, 9.17) is 11.6 Å². The molecule has 0 unspecified atom stereocenters. The highest BCUT2D eigenvalue weighted by Crippen LogP contribution is 2.27. The van der Waals surface area contributed by atoms with Crippen molar-refractivity contribution in [2.45, 2.75) is 37.8 Å². The van der Waals surface area contributed by atoms with Crippen LogP contribution in [0.4, 0.5) is 5.69 Å². The van der Waals surface area contributed by atoms with Crippen molar-refractivity contribution >= 4 is 23.2 Å². The van der Waals surface area contributed by atoms with E-state index in [1.165, 1.54) is 18.2 Å². The molecule has 1 aromatic rings. The van der Waals surface area contributed by atoms with Crippen LogP contribution in [-0.4, -0.2) is 28.1 Å². The van der Waals surface area contributed by atoms with Crippen LogP contribution in [0.25, 0.3) is 0 Å². The van der Waals surface area contributed by atoms with E-state index in [9.17, 15) is 20.0 Å². The molecule has 1 aromatic carbocycles. The Balaban J connectivity index is 2.15. The first-order chi connectivity index (χ1) is 9.49. The predicted octanol–water partition coefficient (Wildman–Crippen LogP) is 2.28. The van der Waals surface area contributed by atoms with Crippen molar-refractivity contribution in [1.29, 1.82) is 0 Å². The molecule has 6 nitrogen and oxygen atoms in total. The van der Waals surface area contributed by atoms with Crippen LogP contribution in [0.3, 0.4) is 0 Å². The van der Waals surface area contributed by atoms with Crippen molar-refractivity contribution in [1.82, 2.24) is 5.32 Å². The Morgan fingerprint density at radius 2 is 2.00 bits per heavy atom. The number of benzene rings is 1. The molecule has 0 radical (unpaired) electrons. The first-order valence-corrected chi connectivity index (χ1v) is 6.78. The zero-order valence-corrected chi connectivity index (χ0v) is 11.5. The fraction of sp³-hybridized carbons (Fsp3) is 0.462. The van der Waals surface area contributed by atoms with E-state index in [1.54, 1.807) is 0 Å². The maximum Gasteiger partial charge on any atom is 0.283 e. The summed E-state index contributed by atoms with van der Waals surface area (Å²) in [4.78, 5) is 22.5. The van der Waals surface area contributed by atoms with Crippen LogP contribution in [0.2, 0.25) is 5.02 Å². The van der Waals surface area contributed by atoms with Crippen molar-refractivity contribution in [3.8, 4) is 0 Å². The SMILES string of the molecule is O=C(NC1CCC(O)CC1)c1c(Cl)cccc1[N+](=O)[O-]. The number of aliphatic hydroxyl groups excluding tert-OH is 1. The number of amides is 1. The lowest BCUT2D eigenvalue weighted by atomic mass is 9.93. The lowest BCUT2D eigenvalue weighted by molar-refractivity contribution is -0.385. The summed E-state index contributed by atoms with van der Waals surface area (Å²) in [6.07, 6.45) is 2.24. The van der Waals surface area contributed by atoms with E-state index in [1.807, 2.05) is 0 Å². The molecule has 0 heterocycles. The van der Waals surface area contributed by atoms with Gasteiger partial charge in [0.05, 0.1) is 16.0 Å². The van der Waals surface area contributed by atoms with Crippen LogP contribution in [0.5, 0.6) is 0 Å². The molecule has 0 aromatic heterocycles. The van der Waals surface area contributed by atoms with Gasteiger partial charge in [-0.1, -0.05) is 17.7 Å². The largest absolute Gasteiger partial charge is 0.393 e. The molecule has 0 spiro atoms. The summed E-state index contributed by atoms with van der Waals surface area (Å²) < 4.78 is 0. The average molecular weight is 299 g/mol. The van der Waals surface area contributed by atoms with E-state index < -0.39 is 10.8 Å². The molecule has 1 fully saturated rings. The second kappa shape index (κ2) is 6.19. The number of hydrogen-bond donors (Lipinski definition) is 2. The van der Waals surface area contributed by atoms with Gasteiger partial charge < -0.3 is 10.4 Å². The normalized spacial score (nSPS) is 22.3. The monoisotopic (exact) mass is 298 g/mol. The summed E-state index contributed by atoms with van der Waals surface area (Å²) in [5, 5.41) is 23.2. The number of nitrogens with one attached hydrogen (secondary N) is 1. The predicted molar refractivity (Wildman–Crippen MR) is 73.8 cm³/mol. The van der Waals surface area contributed by atoms with Crippen molar-refractivity contribution in [2.24, 2.45) is 0 Å². The Kier molecular flexibility index (Phi) is 4.57. The topological polar surface area (TPSA) is 92.5 Å². The number of hydrogen-bond acceptors (Lipinski definition) is 4. The minimum atomic E-state index is -0.620. The zero-order chi connectivity index (χ0) is 14.7. The van der Waals surface area contributed by atoms with Gasteiger partial charge in [-0.2, -0.15) is 0 Å². The second-order valence-corrected chi connectivity index (χ2v) is 5.28. The molecule has 0 saturated heterocycles. The Morgan fingerprint density at radius 1 is 1.35 bits per heavy atom. The Hall–Kier alpha value is -1.66. The van der Waals surface area contributed by atoms with Gasteiger partial charge in [0.1, 0.15) is 5.56 Å². The molecule has 2 N–H and O–H groups in total. The minimum absolute atomic E-state index is 0.0625. The highest BCUT2D eigenvalue weighted by atomic mass is 35.5. The fourth-order valence-electron chi connectivity index (χ4n) is 2.37. The van der Waals surface area contributed by atoms with Crippen molar-refractivity contribution < 1.29 is 14.8 Å². The van der Waals surface area contributed by atoms with Gasteiger partial charge in [0.25, 0.3) is 11.6 Å². The number of carbonyl (C=O) groups is 1. The first kappa shape index (κ1) is 14.7. The molecular weight excluding hydrogens is 284 g/mol. The van der Waals surface area contributed by atoms with E-state index in [2.05, 4.69) is 5.32 Å². The molecule has 7 heteroatoms. The van der Waals surface area contributed by atoms with Crippen molar-refractivity contribution in [2.75, 3.05) is 0 Å². The van der Waals surface area contributed by atoms with Crippen LogP contribution in [0, 0.1) is 10.1 Å². The van der Waals surface area contributed by atoms with Gasteiger partial charge in [0.15, 0.2) is 0 Å². The number of halogens is 1. The van der Waals surface area contributed by atoms with Crippen molar-refractivity contribution in [3.63, 3.8) is 0 Å². The van der Waals surface area contributed by atoms with Crippen LogP contribution in [-0.2, 0) is 0 Å². The van der Waals surface area contributed by atoms with Gasteiger partial charge in [-0.3, -0.25) is 14.9 Å². The molecule has 1 saturated carbocycles. The molecule has 0 aliphatic heterocycles. The highest BCUT2D eigenvalue weighted by molar-refractivity contribution is 6.34. The molecule has 1 aliphatic carbocycles. The quantitative estimate of drug-likeness (QED) is 0.661. The number of nitro benzene ring substituents is 1. The summed E-state index contributed by atoms with van der Waals surface area (Å²) in [6.45, 7) is 0. The Bertz CT molecular complexity index is 527. The van der Waals surface area contributed by atoms with Gasteiger partial charge >= 0.3 is 0 Å². The maximum atomic E-state index is 12.2. The molecule has 1 amide bonds. The summed E-state index contributed by atoms with van der Waals surface area (Å²) in [6, 6.07) is 4.06. The third-order valence-corrected chi connectivity index (χ3v) is 3.76. The molecule has 0 atom stereocenters. The lowest BCUT2D eigenvalue weighted by Gasteiger charge is -2.26.